The van der Waals surface area contributed by atoms with Gasteiger partial charge in [-0.1, -0.05) is 0 Å². The smallest absolute Gasteiger partial charge is 0.186 e. The number of hydrogen-bond donors (Lipinski definition) is 0. The lowest BCUT2D eigenvalue weighted by molar-refractivity contribution is 0.253. The van der Waals surface area contributed by atoms with Crippen LogP contribution in [-0.2, 0) is 4.43 Å². The summed E-state index contributed by atoms with van der Waals surface area (Å²) in [6.07, 6.45) is -0.583. The van der Waals surface area contributed by atoms with Gasteiger partial charge in [-0.15, -0.1) is 0 Å². The van der Waals surface area contributed by atoms with Crippen molar-refractivity contribution in [1.82, 2.24) is 0 Å². The Morgan fingerprint density at radius 2 is 1.56 bits per heavy atom. The van der Waals surface area contributed by atoms with E-state index in [2.05, 4.69) is 25.7 Å². The first-order valence-corrected chi connectivity index (χ1v) is 9.11. The predicted molar refractivity (Wildman–Crippen MR) is 72.3 cm³/mol. The second-order valence-electron chi connectivity index (χ2n) is 4.89. The zero-order valence-electron chi connectivity index (χ0n) is 11.5. The van der Waals surface area contributed by atoms with Gasteiger partial charge in [0, 0.05) is 11.6 Å². The number of nitriles is 1. The van der Waals surface area contributed by atoms with Crippen LogP contribution in [0.3, 0.4) is 0 Å². The van der Waals surface area contributed by atoms with E-state index in [4.69, 9.17) is 13.9 Å². The van der Waals surface area contributed by atoms with E-state index < -0.39 is 14.4 Å². The van der Waals surface area contributed by atoms with Crippen molar-refractivity contribution in [3.8, 4) is 17.6 Å². The monoisotopic (exact) mass is 265 g/mol. The molecule has 1 atom stereocenters. The maximum Gasteiger partial charge on any atom is 0.186 e. The van der Waals surface area contributed by atoms with Gasteiger partial charge < -0.3 is 13.9 Å². The van der Waals surface area contributed by atoms with Gasteiger partial charge in [0.05, 0.1) is 20.3 Å². The van der Waals surface area contributed by atoms with Gasteiger partial charge in [0.15, 0.2) is 14.4 Å². The Bertz CT molecular complexity index is 426. The van der Waals surface area contributed by atoms with Crippen molar-refractivity contribution in [2.24, 2.45) is 0 Å². The summed E-state index contributed by atoms with van der Waals surface area (Å²) in [7, 11) is 1.38. The van der Waals surface area contributed by atoms with Gasteiger partial charge in [-0.3, -0.25) is 0 Å². The molecule has 0 amide bonds. The van der Waals surface area contributed by atoms with E-state index in [9.17, 15) is 5.26 Å². The van der Waals surface area contributed by atoms with Crippen molar-refractivity contribution >= 4 is 8.32 Å². The minimum absolute atomic E-state index is 0.583. The molecule has 0 bridgehead atoms. The van der Waals surface area contributed by atoms with Crippen LogP contribution >= 0.6 is 0 Å². The van der Waals surface area contributed by atoms with E-state index in [1.165, 1.54) is 0 Å². The maximum atomic E-state index is 9.24. The van der Waals surface area contributed by atoms with E-state index in [1.54, 1.807) is 32.4 Å². The molecule has 0 N–H and O–H groups in total. The van der Waals surface area contributed by atoms with Gasteiger partial charge in [0.25, 0.3) is 0 Å². The summed E-state index contributed by atoms with van der Waals surface area (Å²) in [5.41, 5.74) is 0.760. The van der Waals surface area contributed by atoms with Crippen LogP contribution in [0.5, 0.6) is 11.5 Å². The summed E-state index contributed by atoms with van der Waals surface area (Å²) in [6.45, 7) is 6.15. The van der Waals surface area contributed by atoms with Gasteiger partial charge >= 0.3 is 0 Å². The van der Waals surface area contributed by atoms with E-state index in [1.807, 2.05) is 0 Å². The molecule has 0 saturated heterocycles. The molecule has 18 heavy (non-hydrogen) atoms. The molecule has 0 aliphatic heterocycles. The summed E-state index contributed by atoms with van der Waals surface area (Å²) < 4.78 is 16.2. The van der Waals surface area contributed by atoms with Gasteiger partial charge in [-0.2, -0.15) is 5.26 Å². The zero-order valence-corrected chi connectivity index (χ0v) is 12.5. The number of rotatable bonds is 5. The van der Waals surface area contributed by atoms with Gasteiger partial charge in [0.1, 0.15) is 11.5 Å². The molecule has 0 aliphatic carbocycles. The van der Waals surface area contributed by atoms with Crippen molar-refractivity contribution in [3.63, 3.8) is 0 Å². The number of hydrogen-bond acceptors (Lipinski definition) is 4. The van der Waals surface area contributed by atoms with Crippen molar-refractivity contribution in [2.45, 2.75) is 25.7 Å². The predicted octanol–water partition coefficient (Wildman–Crippen LogP) is 3.12. The fourth-order valence-electron chi connectivity index (χ4n) is 1.50. The second kappa shape index (κ2) is 5.89. The molecule has 5 heteroatoms. The molecular weight excluding hydrogens is 246 g/mol. The quantitative estimate of drug-likeness (QED) is 0.768. The number of nitrogens with zero attached hydrogens (tertiary/aromatic N) is 1. The van der Waals surface area contributed by atoms with Crippen LogP contribution in [0.2, 0.25) is 19.6 Å². The Morgan fingerprint density at radius 3 is 1.89 bits per heavy atom. The number of methoxy groups -OCH3 is 2. The lowest BCUT2D eigenvalue weighted by atomic mass is 10.1. The highest BCUT2D eigenvalue weighted by atomic mass is 28.4. The zero-order chi connectivity index (χ0) is 13.8. The van der Waals surface area contributed by atoms with Crippen LogP contribution in [0.15, 0.2) is 18.2 Å². The molecule has 0 aromatic heterocycles. The van der Waals surface area contributed by atoms with Crippen LogP contribution < -0.4 is 9.47 Å². The third kappa shape index (κ3) is 4.06. The average Bonchev–Trinajstić information content (AvgIpc) is 2.34. The topological polar surface area (TPSA) is 51.5 Å². The highest BCUT2D eigenvalue weighted by molar-refractivity contribution is 6.69. The minimum Gasteiger partial charge on any atom is -0.497 e. The largest absolute Gasteiger partial charge is 0.497 e. The van der Waals surface area contributed by atoms with Crippen LogP contribution in [0.1, 0.15) is 11.7 Å². The fraction of sp³-hybridized carbons (Fsp3) is 0.462. The van der Waals surface area contributed by atoms with Gasteiger partial charge in [-0.05, 0) is 31.8 Å². The van der Waals surface area contributed by atoms with Gasteiger partial charge in [-0.25, -0.2) is 0 Å². The molecule has 0 unspecified atom stereocenters. The van der Waals surface area contributed by atoms with Crippen molar-refractivity contribution in [3.05, 3.63) is 23.8 Å². The SMILES string of the molecule is COc1cc(OC)cc([C@H](C#N)O[Si](C)(C)C)c1. The molecule has 1 rings (SSSR count). The van der Waals surface area contributed by atoms with E-state index >= 15 is 0 Å². The molecule has 0 saturated carbocycles. The Morgan fingerprint density at radius 1 is 1.06 bits per heavy atom. The summed E-state index contributed by atoms with van der Waals surface area (Å²) >= 11 is 0. The fourth-order valence-corrected chi connectivity index (χ4v) is 2.40. The van der Waals surface area contributed by atoms with Crippen LogP contribution in [0.25, 0.3) is 0 Å². The highest BCUT2D eigenvalue weighted by Crippen LogP contribution is 2.29. The number of ether oxygens (including phenoxy) is 2. The lowest BCUT2D eigenvalue weighted by Crippen LogP contribution is -2.27. The molecular formula is C13H19NO3Si. The Labute approximate surface area is 109 Å². The molecule has 98 valence electrons. The Hall–Kier alpha value is -1.51. The first-order valence-electron chi connectivity index (χ1n) is 5.70. The van der Waals surface area contributed by atoms with Crippen molar-refractivity contribution in [2.75, 3.05) is 14.2 Å². The minimum atomic E-state index is -1.78. The molecule has 0 aliphatic rings. The Balaban J connectivity index is 3.09. The standard InChI is InChI=1S/C13H19NO3Si/c1-15-11-6-10(7-12(8-11)16-2)13(9-14)17-18(3,4)5/h6-8,13H,1-5H3/t13-/m0/s1. The third-order valence-electron chi connectivity index (χ3n) is 2.27. The molecule has 0 heterocycles. The van der Waals surface area contributed by atoms with Crippen LogP contribution in [0.4, 0.5) is 0 Å². The van der Waals surface area contributed by atoms with E-state index in [-0.39, 0.29) is 0 Å². The molecule has 1 aromatic carbocycles. The molecule has 0 fully saturated rings. The van der Waals surface area contributed by atoms with E-state index in [0.717, 1.165) is 5.56 Å². The van der Waals surface area contributed by atoms with E-state index in [0.29, 0.717) is 11.5 Å². The lowest BCUT2D eigenvalue weighted by Gasteiger charge is -2.22. The summed E-state index contributed by atoms with van der Waals surface area (Å²) in [5, 5.41) is 9.24. The normalized spacial score (nSPS) is 12.7. The second-order valence-corrected chi connectivity index (χ2v) is 9.35. The summed E-state index contributed by atoms with van der Waals surface area (Å²) in [6, 6.07) is 7.55. The van der Waals surface area contributed by atoms with Crippen LogP contribution in [0, 0.1) is 11.3 Å². The Kier molecular flexibility index (Phi) is 4.76. The average molecular weight is 265 g/mol. The molecule has 4 nitrogen and oxygen atoms in total. The highest BCUT2D eigenvalue weighted by Gasteiger charge is 2.23. The third-order valence-corrected chi connectivity index (χ3v) is 3.21. The van der Waals surface area contributed by atoms with Crippen molar-refractivity contribution in [1.29, 1.82) is 5.26 Å². The molecule has 1 aromatic rings. The number of benzene rings is 1. The summed E-state index contributed by atoms with van der Waals surface area (Å²) in [4.78, 5) is 0. The first kappa shape index (κ1) is 14.5. The van der Waals surface area contributed by atoms with Crippen molar-refractivity contribution < 1.29 is 13.9 Å². The maximum absolute atomic E-state index is 9.24. The molecule has 0 radical (unpaired) electrons. The summed E-state index contributed by atoms with van der Waals surface area (Å²) in [5.74, 6) is 1.31. The first-order chi connectivity index (χ1) is 8.39. The van der Waals surface area contributed by atoms with Gasteiger partial charge in [0.2, 0.25) is 0 Å². The van der Waals surface area contributed by atoms with Crippen LogP contribution in [-0.4, -0.2) is 22.5 Å². The molecule has 0 spiro atoms.